The van der Waals surface area contributed by atoms with Crippen LogP contribution in [0.5, 0.6) is 11.5 Å². The average Bonchev–Trinajstić information content (AvgIpc) is 3.18. The summed E-state index contributed by atoms with van der Waals surface area (Å²) >= 11 is 0. The van der Waals surface area contributed by atoms with Gasteiger partial charge >= 0.3 is 0 Å². The number of nitrogens with one attached hydrogen (secondary N) is 1. The van der Waals surface area contributed by atoms with Crippen LogP contribution in [0.15, 0.2) is 47.4 Å². The fourth-order valence-corrected chi connectivity index (χ4v) is 4.30. The van der Waals surface area contributed by atoms with Crippen molar-refractivity contribution in [1.29, 1.82) is 0 Å². The van der Waals surface area contributed by atoms with Crippen molar-refractivity contribution in [2.75, 3.05) is 20.8 Å². The molecule has 3 heterocycles. The Morgan fingerprint density at radius 1 is 1.16 bits per heavy atom. The molecule has 0 aliphatic carbocycles. The van der Waals surface area contributed by atoms with Gasteiger partial charge in [-0.3, -0.25) is 9.59 Å². The minimum Gasteiger partial charge on any atom is -0.493 e. The van der Waals surface area contributed by atoms with E-state index in [-0.39, 0.29) is 18.0 Å². The number of H-pyrrole nitrogens is 1. The van der Waals surface area contributed by atoms with E-state index in [1.54, 1.807) is 23.2 Å². The van der Waals surface area contributed by atoms with Gasteiger partial charge < -0.3 is 19.4 Å². The number of nitrogens with zero attached hydrogens (tertiary/aromatic N) is 3. The number of rotatable bonds is 4. The molecule has 5 rings (SSSR count). The van der Waals surface area contributed by atoms with E-state index in [2.05, 4.69) is 16.1 Å². The number of fused-ring (bicyclic) bond motifs is 4. The number of para-hydroxylation sites is 1. The van der Waals surface area contributed by atoms with Gasteiger partial charge in [0.2, 0.25) is 5.91 Å². The number of ether oxygens (including phenoxy) is 2. The minimum absolute atomic E-state index is 0.132. The quantitative estimate of drug-likeness (QED) is 0.550. The Hall–Kier alpha value is -3.81. The first-order valence-corrected chi connectivity index (χ1v) is 10.1. The molecule has 0 saturated carbocycles. The van der Waals surface area contributed by atoms with Crippen LogP contribution in [-0.2, 0) is 24.3 Å². The Morgan fingerprint density at radius 3 is 2.81 bits per heavy atom. The largest absolute Gasteiger partial charge is 0.493 e. The standard InChI is InChI=1S/C23H22N4O4/c1-30-19-8-7-14-11-24-27(23(29)21(14)22(19)31-2)13-20(28)26-10-9-18-16(12-26)15-5-3-4-6-17(15)25-18/h3-8,11,25H,9-10,12-13H2,1-2H3. The van der Waals surface area contributed by atoms with E-state index in [0.717, 1.165) is 22.9 Å². The molecule has 0 fully saturated rings. The van der Waals surface area contributed by atoms with Crippen LogP contribution in [0.4, 0.5) is 0 Å². The zero-order chi connectivity index (χ0) is 21.5. The Bertz CT molecular complexity index is 1370. The summed E-state index contributed by atoms with van der Waals surface area (Å²) in [6.07, 6.45) is 2.32. The Kier molecular flexibility index (Phi) is 4.62. The number of carbonyl (C=O) groups is 1. The molecule has 2 aromatic heterocycles. The summed E-state index contributed by atoms with van der Waals surface area (Å²) in [6, 6.07) is 11.6. The SMILES string of the molecule is COc1ccc2cnn(CC(=O)N3CCc4[nH]c5ccccc5c4C3)c(=O)c2c1OC. The molecule has 4 aromatic rings. The van der Waals surface area contributed by atoms with E-state index in [1.165, 1.54) is 24.6 Å². The van der Waals surface area contributed by atoms with E-state index < -0.39 is 0 Å². The number of carbonyl (C=O) groups excluding carboxylic acids is 1. The predicted molar refractivity (Wildman–Crippen MR) is 117 cm³/mol. The summed E-state index contributed by atoms with van der Waals surface area (Å²) in [5.41, 5.74) is 3.00. The molecule has 0 atom stereocenters. The van der Waals surface area contributed by atoms with Gasteiger partial charge in [0.1, 0.15) is 6.54 Å². The van der Waals surface area contributed by atoms with Gasteiger partial charge in [0.05, 0.1) is 25.8 Å². The van der Waals surface area contributed by atoms with Gasteiger partial charge in [-0.05, 0) is 18.2 Å². The molecule has 0 spiro atoms. The molecule has 0 unspecified atom stereocenters. The summed E-state index contributed by atoms with van der Waals surface area (Å²) in [5, 5.41) is 6.32. The van der Waals surface area contributed by atoms with Gasteiger partial charge in [0, 0.05) is 47.1 Å². The van der Waals surface area contributed by atoms with E-state index in [0.29, 0.717) is 35.4 Å². The second-order valence-corrected chi connectivity index (χ2v) is 7.57. The number of benzene rings is 2. The molecule has 8 nitrogen and oxygen atoms in total. The second kappa shape index (κ2) is 7.46. The molecule has 158 valence electrons. The zero-order valence-corrected chi connectivity index (χ0v) is 17.3. The Labute approximate surface area is 178 Å². The predicted octanol–water partition coefficient (Wildman–Crippen LogP) is 2.48. The highest BCUT2D eigenvalue weighted by Gasteiger charge is 2.25. The molecule has 0 bridgehead atoms. The molecule has 2 aromatic carbocycles. The summed E-state index contributed by atoms with van der Waals surface area (Å²) in [7, 11) is 3.00. The van der Waals surface area contributed by atoms with Crippen molar-refractivity contribution in [3.8, 4) is 11.5 Å². The third-order valence-corrected chi connectivity index (χ3v) is 5.88. The molecule has 1 N–H and O–H groups in total. The topological polar surface area (TPSA) is 89.5 Å². The first-order chi connectivity index (χ1) is 15.1. The smallest absolute Gasteiger partial charge is 0.279 e. The lowest BCUT2D eigenvalue weighted by Crippen LogP contribution is -2.40. The molecule has 1 aliphatic heterocycles. The minimum atomic E-state index is -0.383. The fourth-order valence-electron chi connectivity index (χ4n) is 4.30. The van der Waals surface area contributed by atoms with Crippen LogP contribution in [0.2, 0.25) is 0 Å². The first-order valence-electron chi connectivity index (χ1n) is 10.1. The third kappa shape index (κ3) is 3.11. The molecule has 31 heavy (non-hydrogen) atoms. The lowest BCUT2D eigenvalue weighted by molar-refractivity contribution is -0.133. The van der Waals surface area contributed by atoms with Gasteiger partial charge in [0.25, 0.3) is 5.56 Å². The maximum Gasteiger partial charge on any atom is 0.279 e. The summed E-state index contributed by atoms with van der Waals surface area (Å²) in [6.45, 7) is 0.975. The van der Waals surface area contributed by atoms with Gasteiger partial charge in [-0.2, -0.15) is 5.10 Å². The van der Waals surface area contributed by atoms with Crippen LogP contribution in [0, 0.1) is 0 Å². The number of amides is 1. The van der Waals surface area contributed by atoms with E-state index >= 15 is 0 Å². The van der Waals surface area contributed by atoms with Gasteiger partial charge in [-0.15, -0.1) is 0 Å². The van der Waals surface area contributed by atoms with E-state index in [9.17, 15) is 9.59 Å². The van der Waals surface area contributed by atoms with Crippen molar-refractivity contribution in [1.82, 2.24) is 19.7 Å². The molecule has 0 radical (unpaired) electrons. The highest BCUT2D eigenvalue weighted by molar-refractivity contribution is 5.90. The fraction of sp³-hybridized carbons (Fsp3) is 0.261. The Morgan fingerprint density at radius 2 is 2.00 bits per heavy atom. The summed E-state index contributed by atoms with van der Waals surface area (Å²) in [5.74, 6) is 0.654. The number of hydrogen-bond donors (Lipinski definition) is 1. The van der Waals surface area contributed by atoms with Crippen LogP contribution in [0.25, 0.3) is 21.7 Å². The molecule has 0 saturated heterocycles. The molecule has 1 amide bonds. The number of methoxy groups -OCH3 is 2. The van der Waals surface area contributed by atoms with Crippen LogP contribution < -0.4 is 15.0 Å². The van der Waals surface area contributed by atoms with Crippen molar-refractivity contribution in [3.05, 3.63) is 64.2 Å². The van der Waals surface area contributed by atoms with Gasteiger partial charge in [-0.25, -0.2) is 4.68 Å². The lowest BCUT2D eigenvalue weighted by Gasteiger charge is -2.27. The van der Waals surface area contributed by atoms with Gasteiger partial charge in [-0.1, -0.05) is 18.2 Å². The highest BCUT2D eigenvalue weighted by Crippen LogP contribution is 2.33. The van der Waals surface area contributed by atoms with E-state index in [4.69, 9.17) is 9.47 Å². The highest BCUT2D eigenvalue weighted by atomic mass is 16.5. The van der Waals surface area contributed by atoms with Crippen molar-refractivity contribution in [2.45, 2.75) is 19.5 Å². The van der Waals surface area contributed by atoms with Crippen LogP contribution in [0.1, 0.15) is 11.3 Å². The van der Waals surface area contributed by atoms with Crippen LogP contribution in [0.3, 0.4) is 0 Å². The second-order valence-electron chi connectivity index (χ2n) is 7.57. The van der Waals surface area contributed by atoms with Gasteiger partial charge in [0.15, 0.2) is 11.5 Å². The number of aromatic amines is 1. The van der Waals surface area contributed by atoms with Crippen LogP contribution >= 0.6 is 0 Å². The summed E-state index contributed by atoms with van der Waals surface area (Å²) < 4.78 is 11.9. The van der Waals surface area contributed by atoms with Crippen molar-refractivity contribution >= 4 is 27.6 Å². The third-order valence-electron chi connectivity index (χ3n) is 5.88. The zero-order valence-electron chi connectivity index (χ0n) is 17.3. The molecular weight excluding hydrogens is 396 g/mol. The Balaban J connectivity index is 1.45. The number of hydrogen-bond acceptors (Lipinski definition) is 5. The first kappa shape index (κ1) is 19.2. The monoisotopic (exact) mass is 418 g/mol. The van der Waals surface area contributed by atoms with E-state index in [1.807, 2.05) is 18.2 Å². The molecule has 8 heteroatoms. The van der Waals surface area contributed by atoms with Crippen molar-refractivity contribution < 1.29 is 14.3 Å². The normalized spacial score (nSPS) is 13.4. The molecule has 1 aliphatic rings. The summed E-state index contributed by atoms with van der Waals surface area (Å²) in [4.78, 5) is 31.4. The number of aromatic nitrogens is 3. The molecular formula is C23H22N4O4. The van der Waals surface area contributed by atoms with Crippen molar-refractivity contribution in [2.24, 2.45) is 0 Å². The van der Waals surface area contributed by atoms with Crippen molar-refractivity contribution in [3.63, 3.8) is 0 Å². The maximum atomic E-state index is 13.1. The maximum absolute atomic E-state index is 13.1. The lowest BCUT2D eigenvalue weighted by atomic mass is 10.0. The van der Waals surface area contributed by atoms with Crippen LogP contribution in [-0.4, -0.2) is 46.3 Å². The average molecular weight is 418 g/mol.